The van der Waals surface area contributed by atoms with Crippen LogP contribution in [0.2, 0.25) is 0 Å². The third-order valence-corrected chi connectivity index (χ3v) is 3.67. The predicted molar refractivity (Wildman–Crippen MR) is 96.9 cm³/mol. The van der Waals surface area contributed by atoms with Gasteiger partial charge >= 0.3 is 0 Å². The third kappa shape index (κ3) is 5.29. The van der Waals surface area contributed by atoms with E-state index in [4.69, 9.17) is 5.73 Å². The lowest BCUT2D eigenvalue weighted by molar-refractivity contribution is 0.793. The predicted octanol–water partition coefficient (Wildman–Crippen LogP) is 3.83. The van der Waals surface area contributed by atoms with Gasteiger partial charge in [-0.3, -0.25) is 0 Å². The topological polar surface area (TPSA) is 38.0 Å². The SMILES string of the molecule is Cc1cccc(/C=C/c2cccc(NC[C@@H](N)CS)c2)c1. The molecular formula is C18H22N2S. The minimum atomic E-state index is 0.0693. The molecule has 0 radical (unpaired) electrons. The van der Waals surface area contributed by atoms with Gasteiger partial charge in [0.2, 0.25) is 0 Å². The largest absolute Gasteiger partial charge is 0.383 e. The van der Waals surface area contributed by atoms with Gasteiger partial charge < -0.3 is 11.1 Å². The van der Waals surface area contributed by atoms with Crippen LogP contribution in [0.3, 0.4) is 0 Å². The number of anilines is 1. The molecular weight excluding hydrogens is 276 g/mol. The maximum atomic E-state index is 5.85. The Hall–Kier alpha value is -1.71. The number of hydrogen-bond acceptors (Lipinski definition) is 3. The maximum Gasteiger partial charge on any atom is 0.0346 e. The van der Waals surface area contributed by atoms with Gasteiger partial charge in [0.1, 0.15) is 0 Å². The van der Waals surface area contributed by atoms with E-state index in [2.05, 4.69) is 79.5 Å². The van der Waals surface area contributed by atoms with E-state index in [9.17, 15) is 0 Å². The van der Waals surface area contributed by atoms with Crippen LogP contribution in [0.1, 0.15) is 16.7 Å². The van der Waals surface area contributed by atoms with Crippen molar-refractivity contribution in [2.24, 2.45) is 5.73 Å². The molecule has 0 heterocycles. The van der Waals surface area contributed by atoms with Crippen molar-refractivity contribution in [1.29, 1.82) is 0 Å². The normalized spacial score (nSPS) is 12.5. The minimum absolute atomic E-state index is 0.0693. The molecule has 0 aromatic heterocycles. The standard InChI is InChI=1S/C18H22N2S/c1-14-4-2-5-15(10-14)8-9-16-6-3-7-18(11-16)20-12-17(19)13-21/h2-11,17,20-21H,12-13,19H2,1H3/b9-8+/t17-/m1/s1. The van der Waals surface area contributed by atoms with Gasteiger partial charge in [-0.1, -0.05) is 54.1 Å². The zero-order valence-electron chi connectivity index (χ0n) is 12.3. The van der Waals surface area contributed by atoms with Crippen LogP contribution in [0, 0.1) is 6.92 Å². The van der Waals surface area contributed by atoms with E-state index in [1.54, 1.807) is 0 Å². The van der Waals surface area contributed by atoms with Crippen LogP contribution in [0.4, 0.5) is 5.69 Å². The van der Waals surface area contributed by atoms with Gasteiger partial charge in [0.25, 0.3) is 0 Å². The molecule has 0 bridgehead atoms. The van der Waals surface area contributed by atoms with Crippen LogP contribution in [-0.2, 0) is 0 Å². The molecule has 1 atom stereocenters. The van der Waals surface area contributed by atoms with E-state index in [0.29, 0.717) is 5.75 Å². The van der Waals surface area contributed by atoms with Gasteiger partial charge in [0.05, 0.1) is 0 Å². The summed E-state index contributed by atoms with van der Waals surface area (Å²) in [6, 6.07) is 16.8. The van der Waals surface area contributed by atoms with Crippen LogP contribution in [0.15, 0.2) is 48.5 Å². The van der Waals surface area contributed by atoms with Gasteiger partial charge in [0.15, 0.2) is 0 Å². The molecule has 0 unspecified atom stereocenters. The van der Waals surface area contributed by atoms with E-state index in [1.807, 2.05) is 6.07 Å². The lowest BCUT2D eigenvalue weighted by atomic mass is 10.1. The first-order valence-electron chi connectivity index (χ1n) is 7.12. The average Bonchev–Trinajstić information content (AvgIpc) is 2.51. The zero-order chi connectivity index (χ0) is 15.1. The first kappa shape index (κ1) is 15.7. The Bertz CT molecular complexity index is 608. The minimum Gasteiger partial charge on any atom is -0.383 e. The molecule has 2 nitrogen and oxygen atoms in total. The van der Waals surface area contributed by atoms with Crippen LogP contribution in [0.5, 0.6) is 0 Å². The number of hydrogen-bond donors (Lipinski definition) is 3. The van der Waals surface area contributed by atoms with E-state index in [-0.39, 0.29) is 6.04 Å². The lowest BCUT2D eigenvalue weighted by Gasteiger charge is -2.11. The molecule has 0 aliphatic rings. The monoisotopic (exact) mass is 298 g/mol. The van der Waals surface area contributed by atoms with Crippen molar-refractivity contribution < 1.29 is 0 Å². The fraction of sp³-hybridized carbons (Fsp3) is 0.222. The number of rotatable bonds is 6. The Morgan fingerprint density at radius 2 is 1.76 bits per heavy atom. The van der Waals surface area contributed by atoms with Crippen LogP contribution >= 0.6 is 12.6 Å². The molecule has 0 spiro atoms. The van der Waals surface area contributed by atoms with E-state index < -0.39 is 0 Å². The fourth-order valence-corrected chi connectivity index (χ4v) is 2.16. The number of thiol groups is 1. The summed E-state index contributed by atoms with van der Waals surface area (Å²) in [7, 11) is 0. The molecule has 2 aromatic rings. The quantitative estimate of drug-likeness (QED) is 0.560. The van der Waals surface area contributed by atoms with Gasteiger partial charge in [-0.25, -0.2) is 0 Å². The maximum absolute atomic E-state index is 5.85. The summed E-state index contributed by atoms with van der Waals surface area (Å²) in [6.07, 6.45) is 4.25. The first-order valence-corrected chi connectivity index (χ1v) is 7.76. The molecule has 0 saturated carbocycles. The van der Waals surface area contributed by atoms with Crippen molar-refractivity contribution >= 4 is 30.5 Å². The van der Waals surface area contributed by atoms with E-state index in [1.165, 1.54) is 16.7 Å². The lowest BCUT2D eigenvalue weighted by Crippen LogP contribution is -2.30. The van der Waals surface area contributed by atoms with Crippen molar-refractivity contribution in [2.45, 2.75) is 13.0 Å². The molecule has 0 aliphatic carbocycles. The number of nitrogens with one attached hydrogen (secondary N) is 1. The third-order valence-electron chi connectivity index (χ3n) is 3.20. The second-order valence-electron chi connectivity index (χ2n) is 5.20. The summed E-state index contributed by atoms with van der Waals surface area (Å²) in [5.74, 6) is 0.681. The van der Waals surface area contributed by atoms with E-state index >= 15 is 0 Å². The summed E-state index contributed by atoms with van der Waals surface area (Å²) in [4.78, 5) is 0. The summed E-state index contributed by atoms with van der Waals surface area (Å²) >= 11 is 4.19. The van der Waals surface area contributed by atoms with Crippen molar-refractivity contribution in [3.63, 3.8) is 0 Å². The molecule has 21 heavy (non-hydrogen) atoms. The van der Waals surface area contributed by atoms with Gasteiger partial charge in [-0.15, -0.1) is 0 Å². The molecule has 2 aromatic carbocycles. The highest BCUT2D eigenvalue weighted by Gasteiger charge is 1.99. The average molecular weight is 298 g/mol. The highest BCUT2D eigenvalue weighted by atomic mass is 32.1. The summed E-state index contributed by atoms with van der Waals surface area (Å²) in [5.41, 5.74) is 10.6. The Morgan fingerprint density at radius 3 is 2.43 bits per heavy atom. The smallest absolute Gasteiger partial charge is 0.0346 e. The number of nitrogens with two attached hydrogens (primary N) is 1. The molecule has 3 heteroatoms. The molecule has 0 fully saturated rings. The second kappa shape index (κ2) is 7.91. The molecule has 0 aliphatic heterocycles. The molecule has 110 valence electrons. The Balaban J connectivity index is 2.03. The van der Waals surface area contributed by atoms with Gasteiger partial charge in [-0.2, -0.15) is 12.6 Å². The zero-order valence-corrected chi connectivity index (χ0v) is 13.2. The molecule has 3 N–H and O–H groups in total. The fourth-order valence-electron chi connectivity index (χ4n) is 2.03. The molecule has 0 saturated heterocycles. The Morgan fingerprint density at radius 1 is 1.10 bits per heavy atom. The Kier molecular flexibility index (Phi) is 5.90. The van der Waals surface area contributed by atoms with Crippen LogP contribution in [0.25, 0.3) is 12.2 Å². The number of benzene rings is 2. The Labute approximate surface area is 132 Å². The van der Waals surface area contributed by atoms with Crippen molar-refractivity contribution in [3.05, 3.63) is 65.2 Å². The van der Waals surface area contributed by atoms with Crippen molar-refractivity contribution in [1.82, 2.24) is 0 Å². The van der Waals surface area contributed by atoms with Gasteiger partial charge in [0, 0.05) is 24.0 Å². The summed E-state index contributed by atoms with van der Waals surface area (Å²) < 4.78 is 0. The van der Waals surface area contributed by atoms with Crippen LogP contribution in [-0.4, -0.2) is 18.3 Å². The first-order chi connectivity index (χ1) is 10.2. The number of aryl methyl sites for hydroxylation is 1. The van der Waals surface area contributed by atoms with Crippen LogP contribution < -0.4 is 11.1 Å². The summed E-state index contributed by atoms with van der Waals surface area (Å²) in [6.45, 7) is 2.83. The summed E-state index contributed by atoms with van der Waals surface area (Å²) in [5, 5.41) is 3.34. The molecule has 2 rings (SSSR count). The van der Waals surface area contributed by atoms with Gasteiger partial charge in [-0.05, 0) is 30.2 Å². The van der Waals surface area contributed by atoms with E-state index in [0.717, 1.165) is 12.2 Å². The van der Waals surface area contributed by atoms with Crippen molar-refractivity contribution in [2.75, 3.05) is 17.6 Å². The highest BCUT2D eigenvalue weighted by Crippen LogP contribution is 2.14. The highest BCUT2D eigenvalue weighted by molar-refractivity contribution is 7.80. The second-order valence-corrected chi connectivity index (χ2v) is 5.56. The van der Waals surface area contributed by atoms with Crippen molar-refractivity contribution in [3.8, 4) is 0 Å². The molecule has 0 amide bonds.